The number of halogens is 1. The van der Waals surface area contributed by atoms with Crippen molar-refractivity contribution in [3.8, 4) is 0 Å². The molecule has 0 saturated heterocycles. The second-order valence-electron chi connectivity index (χ2n) is 4.60. The summed E-state index contributed by atoms with van der Waals surface area (Å²) in [4.78, 5) is 22.8. The molecule has 0 aliphatic heterocycles. The number of hydrogen-bond donors (Lipinski definition) is 3. The monoisotopic (exact) mass is 253 g/mol. The molecule has 1 rings (SSSR count). The zero-order valence-electron chi connectivity index (χ0n) is 10.3. The van der Waals surface area contributed by atoms with Crippen molar-refractivity contribution in [1.82, 2.24) is 0 Å². The molecule has 0 unspecified atom stereocenters. The summed E-state index contributed by atoms with van der Waals surface area (Å²) in [7, 11) is 0. The number of nitrogens with one attached hydrogen (secondary N) is 1. The van der Waals surface area contributed by atoms with Crippen LogP contribution >= 0.6 is 0 Å². The first-order chi connectivity index (χ1) is 8.27. The lowest BCUT2D eigenvalue weighted by atomic mass is 9.92. The minimum Gasteiger partial charge on any atom is -0.366 e. The van der Waals surface area contributed by atoms with Crippen molar-refractivity contribution >= 4 is 17.5 Å². The first-order valence-electron chi connectivity index (χ1n) is 5.39. The van der Waals surface area contributed by atoms with Gasteiger partial charge in [-0.05, 0) is 32.0 Å². The van der Waals surface area contributed by atoms with Crippen molar-refractivity contribution in [3.05, 3.63) is 29.6 Å². The Hall–Kier alpha value is -1.95. The van der Waals surface area contributed by atoms with Crippen LogP contribution < -0.4 is 16.8 Å². The lowest BCUT2D eigenvalue weighted by Gasteiger charge is -2.21. The van der Waals surface area contributed by atoms with Gasteiger partial charge in [0.25, 0.3) is 5.91 Å². The Bertz CT molecular complexity index is 486. The standard InChI is InChI=1S/C12H16FN3O2/c1-12(2,6-14)11(18)16-7-3-4-9(13)8(5-7)10(15)17/h3-5H,6,14H2,1-2H3,(H2,15,17)(H,16,18). The third-order valence-electron chi connectivity index (χ3n) is 2.61. The zero-order valence-corrected chi connectivity index (χ0v) is 10.3. The molecule has 1 aromatic rings. The van der Waals surface area contributed by atoms with Gasteiger partial charge in [0, 0.05) is 12.2 Å². The maximum absolute atomic E-state index is 13.2. The number of amides is 2. The summed E-state index contributed by atoms with van der Waals surface area (Å²) in [6, 6.07) is 3.62. The van der Waals surface area contributed by atoms with E-state index in [9.17, 15) is 14.0 Å². The average Bonchev–Trinajstić information content (AvgIpc) is 2.31. The SMILES string of the molecule is CC(C)(CN)C(=O)Nc1ccc(F)c(C(N)=O)c1. The van der Waals surface area contributed by atoms with E-state index in [4.69, 9.17) is 11.5 Å². The molecule has 0 fully saturated rings. The zero-order chi connectivity index (χ0) is 13.9. The molecule has 18 heavy (non-hydrogen) atoms. The maximum Gasteiger partial charge on any atom is 0.251 e. The molecule has 0 aromatic heterocycles. The Morgan fingerprint density at radius 2 is 2.00 bits per heavy atom. The third kappa shape index (κ3) is 3.04. The lowest BCUT2D eigenvalue weighted by molar-refractivity contribution is -0.123. The third-order valence-corrected chi connectivity index (χ3v) is 2.61. The number of carbonyl (C=O) groups excluding carboxylic acids is 2. The molecule has 0 aliphatic rings. The molecule has 1 aromatic carbocycles. The van der Waals surface area contributed by atoms with Crippen molar-refractivity contribution < 1.29 is 14.0 Å². The molecular weight excluding hydrogens is 237 g/mol. The van der Waals surface area contributed by atoms with Crippen molar-refractivity contribution in [2.24, 2.45) is 16.9 Å². The number of rotatable bonds is 4. The van der Waals surface area contributed by atoms with E-state index in [0.717, 1.165) is 6.07 Å². The van der Waals surface area contributed by atoms with E-state index < -0.39 is 17.1 Å². The molecule has 98 valence electrons. The van der Waals surface area contributed by atoms with Crippen LogP contribution in [-0.4, -0.2) is 18.4 Å². The van der Waals surface area contributed by atoms with Crippen LogP contribution in [-0.2, 0) is 4.79 Å². The highest BCUT2D eigenvalue weighted by Crippen LogP contribution is 2.19. The molecule has 0 radical (unpaired) electrons. The second-order valence-corrected chi connectivity index (χ2v) is 4.60. The molecule has 5 N–H and O–H groups in total. The normalized spacial score (nSPS) is 11.1. The molecule has 2 amide bonds. The van der Waals surface area contributed by atoms with E-state index in [2.05, 4.69) is 5.32 Å². The molecule has 0 saturated carbocycles. The van der Waals surface area contributed by atoms with Crippen molar-refractivity contribution in [1.29, 1.82) is 0 Å². The minimum absolute atomic E-state index is 0.169. The van der Waals surface area contributed by atoms with E-state index in [1.165, 1.54) is 12.1 Å². The summed E-state index contributed by atoms with van der Waals surface area (Å²) in [5.74, 6) is -1.92. The van der Waals surface area contributed by atoms with E-state index in [1.807, 2.05) is 0 Å². The summed E-state index contributed by atoms with van der Waals surface area (Å²) < 4.78 is 13.2. The van der Waals surface area contributed by atoms with Gasteiger partial charge < -0.3 is 16.8 Å². The van der Waals surface area contributed by atoms with Crippen LogP contribution in [0.4, 0.5) is 10.1 Å². The Morgan fingerprint density at radius 1 is 1.39 bits per heavy atom. The highest BCUT2D eigenvalue weighted by molar-refractivity contribution is 5.98. The van der Waals surface area contributed by atoms with Gasteiger partial charge in [0.1, 0.15) is 5.82 Å². The Labute approximate surface area is 104 Å². The average molecular weight is 253 g/mol. The van der Waals surface area contributed by atoms with Gasteiger partial charge in [-0.3, -0.25) is 9.59 Å². The number of anilines is 1. The molecule has 0 aliphatic carbocycles. The molecule has 5 nitrogen and oxygen atoms in total. The number of carbonyl (C=O) groups is 2. The summed E-state index contributed by atoms with van der Waals surface area (Å²) in [6.45, 7) is 3.53. The molecule has 6 heteroatoms. The minimum atomic E-state index is -0.887. The number of nitrogens with two attached hydrogens (primary N) is 2. The van der Waals surface area contributed by atoms with Crippen LogP contribution in [0.15, 0.2) is 18.2 Å². The Kier molecular flexibility index (Phi) is 4.03. The van der Waals surface area contributed by atoms with Gasteiger partial charge in [-0.2, -0.15) is 0 Å². The highest BCUT2D eigenvalue weighted by Gasteiger charge is 2.26. The van der Waals surface area contributed by atoms with Crippen LogP contribution in [0.3, 0.4) is 0 Å². The van der Waals surface area contributed by atoms with E-state index in [1.54, 1.807) is 13.8 Å². The van der Waals surface area contributed by atoms with Gasteiger partial charge in [0.05, 0.1) is 11.0 Å². The van der Waals surface area contributed by atoms with Crippen LogP contribution in [0, 0.1) is 11.2 Å². The van der Waals surface area contributed by atoms with Gasteiger partial charge >= 0.3 is 0 Å². The smallest absolute Gasteiger partial charge is 0.251 e. The first-order valence-corrected chi connectivity index (χ1v) is 5.39. The number of primary amides is 1. The Balaban J connectivity index is 2.96. The second kappa shape index (κ2) is 5.14. The van der Waals surface area contributed by atoms with Crippen molar-refractivity contribution in [2.45, 2.75) is 13.8 Å². The van der Waals surface area contributed by atoms with E-state index in [0.29, 0.717) is 5.69 Å². The molecule has 0 atom stereocenters. The van der Waals surface area contributed by atoms with Gasteiger partial charge in [-0.1, -0.05) is 0 Å². The molecule has 0 bridgehead atoms. The number of hydrogen-bond acceptors (Lipinski definition) is 3. The first kappa shape index (κ1) is 14.1. The summed E-state index contributed by atoms with van der Waals surface area (Å²) >= 11 is 0. The molecular formula is C12H16FN3O2. The molecule has 0 spiro atoms. The highest BCUT2D eigenvalue weighted by atomic mass is 19.1. The number of benzene rings is 1. The fourth-order valence-electron chi connectivity index (χ4n) is 1.18. The lowest BCUT2D eigenvalue weighted by Crippen LogP contribution is -2.37. The van der Waals surface area contributed by atoms with Crippen LogP contribution in [0.5, 0.6) is 0 Å². The largest absolute Gasteiger partial charge is 0.366 e. The van der Waals surface area contributed by atoms with Gasteiger partial charge in [0.15, 0.2) is 0 Å². The van der Waals surface area contributed by atoms with Crippen LogP contribution in [0.25, 0.3) is 0 Å². The summed E-state index contributed by atoms with van der Waals surface area (Å²) in [6.07, 6.45) is 0. The quantitative estimate of drug-likeness (QED) is 0.741. The van der Waals surface area contributed by atoms with Gasteiger partial charge in [-0.15, -0.1) is 0 Å². The maximum atomic E-state index is 13.2. The van der Waals surface area contributed by atoms with Gasteiger partial charge in [-0.25, -0.2) is 4.39 Å². The molecule has 0 heterocycles. The fourth-order valence-corrected chi connectivity index (χ4v) is 1.18. The Morgan fingerprint density at radius 3 is 2.50 bits per heavy atom. The van der Waals surface area contributed by atoms with Crippen molar-refractivity contribution in [3.63, 3.8) is 0 Å². The van der Waals surface area contributed by atoms with Gasteiger partial charge in [0.2, 0.25) is 5.91 Å². The summed E-state index contributed by atoms with van der Waals surface area (Å²) in [5, 5.41) is 2.56. The predicted molar refractivity (Wildman–Crippen MR) is 66.4 cm³/mol. The topological polar surface area (TPSA) is 98.2 Å². The summed E-state index contributed by atoms with van der Waals surface area (Å²) in [5.41, 5.74) is 9.77. The van der Waals surface area contributed by atoms with E-state index in [-0.39, 0.29) is 18.0 Å². The van der Waals surface area contributed by atoms with E-state index >= 15 is 0 Å². The van der Waals surface area contributed by atoms with Crippen LogP contribution in [0.1, 0.15) is 24.2 Å². The van der Waals surface area contributed by atoms with Crippen molar-refractivity contribution in [2.75, 3.05) is 11.9 Å². The predicted octanol–water partition coefficient (Wildman–Crippen LogP) is 0.848. The fraction of sp³-hybridized carbons (Fsp3) is 0.333. The van der Waals surface area contributed by atoms with Crippen LogP contribution in [0.2, 0.25) is 0 Å².